The number of aromatic nitrogens is 2. The van der Waals surface area contributed by atoms with Crippen LogP contribution in [0.5, 0.6) is 0 Å². The van der Waals surface area contributed by atoms with Crippen LogP contribution in [-0.2, 0) is 4.79 Å². The van der Waals surface area contributed by atoms with Crippen molar-refractivity contribution in [2.75, 3.05) is 0 Å². The number of carbonyl (C=O) groups is 2. The zero-order valence-corrected chi connectivity index (χ0v) is 11.6. The number of aliphatic carboxylic acids is 1. The molecule has 1 amide bonds. The van der Waals surface area contributed by atoms with E-state index in [0.29, 0.717) is 29.8 Å². The number of hydrogen-bond acceptors (Lipinski definition) is 4. The number of hydrogen-bond donors (Lipinski definition) is 2. The summed E-state index contributed by atoms with van der Waals surface area (Å²) >= 11 is 0. The topological polar surface area (TPSA) is 92.2 Å². The van der Waals surface area contributed by atoms with E-state index < -0.39 is 17.4 Å². The fourth-order valence-corrected chi connectivity index (χ4v) is 1.82. The monoisotopic (exact) mass is 265 g/mol. The molecule has 1 rings (SSSR count). The summed E-state index contributed by atoms with van der Waals surface area (Å²) in [7, 11) is 0. The molecule has 0 radical (unpaired) electrons. The van der Waals surface area contributed by atoms with E-state index in [0.717, 1.165) is 0 Å². The summed E-state index contributed by atoms with van der Waals surface area (Å²) in [4.78, 5) is 23.5. The van der Waals surface area contributed by atoms with Crippen molar-refractivity contribution in [3.8, 4) is 0 Å². The van der Waals surface area contributed by atoms with Crippen LogP contribution < -0.4 is 5.32 Å². The van der Waals surface area contributed by atoms with Gasteiger partial charge in [0.25, 0.3) is 5.91 Å². The van der Waals surface area contributed by atoms with Gasteiger partial charge in [0.05, 0.1) is 17.0 Å². The molecule has 19 heavy (non-hydrogen) atoms. The van der Waals surface area contributed by atoms with Crippen molar-refractivity contribution in [1.29, 1.82) is 0 Å². The van der Waals surface area contributed by atoms with Crippen molar-refractivity contribution in [2.24, 2.45) is 0 Å². The first kappa shape index (κ1) is 15.1. The maximum absolute atomic E-state index is 12.2. The van der Waals surface area contributed by atoms with E-state index in [-0.39, 0.29) is 0 Å². The van der Waals surface area contributed by atoms with Crippen LogP contribution in [0.15, 0.2) is 6.07 Å². The summed E-state index contributed by atoms with van der Waals surface area (Å²) in [6.07, 6.45) is 1.03. The Labute approximate surface area is 112 Å². The van der Waals surface area contributed by atoms with Gasteiger partial charge in [-0.25, -0.2) is 4.79 Å². The molecule has 1 heterocycles. The molecule has 104 valence electrons. The Bertz CT molecular complexity index is 502. The molecule has 0 aliphatic carbocycles. The van der Waals surface area contributed by atoms with Crippen LogP contribution in [-0.4, -0.2) is 32.7 Å². The van der Waals surface area contributed by atoms with E-state index >= 15 is 0 Å². The number of carbonyl (C=O) groups excluding carboxylic acids is 1. The highest BCUT2D eigenvalue weighted by atomic mass is 16.4. The van der Waals surface area contributed by atoms with Crippen LogP contribution in [0.2, 0.25) is 0 Å². The van der Waals surface area contributed by atoms with Crippen molar-refractivity contribution in [3.05, 3.63) is 23.0 Å². The number of carboxylic acids is 1. The summed E-state index contributed by atoms with van der Waals surface area (Å²) in [6, 6.07) is 1.60. The molecule has 0 aliphatic heterocycles. The molecule has 0 spiro atoms. The standard InChI is InChI=1S/C13H19N3O3/c1-5-6-13(4,12(18)19)14-11(17)10-7-8(2)15-16-9(10)3/h7H,5-6H2,1-4H3,(H,14,17)(H,18,19). The molecule has 1 aromatic heterocycles. The molecule has 0 aliphatic rings. The summed E-state index contributed by atoms with van der Waals surface area (Å²) in [5.41, 5.74) is 0.182. The van der Waals surface area contributed by atoms with E-state index in [1.165, 1.54) is 6.92 Å². The largest absolute Gasteiger partial charge is 0.480 e. The molecule has 2 N–H and O–H groups in total. The molecule has 0 aromatic carbocycles. The number of carboxylic acid groups (broad SMARTS) is 1. The van der Waals surface area contributed by atoms with Gasteiger partial charge in [-0.2, -0.15) is 10.2 Å². The molecule has 0 saturated carbocycles. The Kier molecular flexibility index (Phi) is 4.58. The minimum atomic E-state index is -1.27. The maximum Gasteiger partial charge on any atom is 0.329 e. The van der Waals surface area contributed by atoms with Gasteiger partial charge in [0.15, 0.2) is 0 Å². The van der Waals surface area contributed by atoms with Crippen LogP contribution in [0, 0.1) is 13.8 Å². The molecule has 0 bridgehead atoms. The lowest BCUT2D eigenvalue weighted by atomic mass is 9.95. The average Bonchev–Trinajstić information content (AvgIpc) is 2.32. The predicted molar refractivity (Wildman–Crippen MR) is 69.9 cm³/mol. The molecular weight excluding hydrogens is 246 g/mol. The summed E-state index contributed by atoms with van der Waals surface area (Å²) < 4.78 is 0. The highest BCUT2D eigenvalue weighted by Crippen LogP contribution is 2.15. The first-order chi connectivity index (χ1) is 8.80. The Morgan fingerprint density at radius 1 is 1.37 bits per heavy atom. The van der Waals surface area contributed by atoms with E-state index in [9.17, 15) is 14.7 Å². The van der Waals surface area contributed by atoms with Crippen molar-refractivity contribution in [1.82, 2.24) is 15.5 Å². The zero-order chi connectivity index (χ0) is 14.6. The molecular formula is C13H19N3O3. The first-order valence-corrected chi connectivity index (χ1v) is 6.17. The van der Waals surface area contributed by atoms with Gasteiger partial charge in [0, 0.05) is 0 Å². The Morgan fingerprint density at radius 2 is 2.00 bits per heavy atom. The van der Waals surface area contributed by atoms with Gasteiger partial charge in [-0.05, 0) is 33.3 Å². The molecule has 6 heteroatoms. The number of aryl methyl sites for hydroxylation is 2. The first-order valence-electron chi connectivity index (χ1n) is 6.17. The lowest BCUT2D eigenvalue weighted by molar-refractivity contribution is -0.144. The lowest BCUT2D eigenvalue weighted by Crippen LogP contribution is -2.52. The van der Waals surface area contributed by atoms with Gasteiger partial charge in [-0.15, -0.1) is 0 Å². The van der Waals surface area contributed by atoms with Crippen LogP contribution >= 0.6 is 0 Å². The molecule has 1 unspecified atom stereocenters. The Balaban J connectivity index is 3.00. The quantitative estimate of drug-likeness (QED) is 0.841. The number of amides is 1. The minimum Gasteiger partial charge on any atom is -0.480 e. The molecule has 6 nitrogen and oxygen atoms in total. The van der Waals surface area contributed by atoms with Gasteiger partial charge < -0.3 is 10.4 Å². The number of rotatable bonds is 5. The number of nitrogens with one attached hydrogen (secondary N) is 1. The molecule has 1 atom stereocenters. The van der Waals surface area contributed by atoms with Crippen molar-refractivity contribution in [3.63, 3.8) is 0 Å². The van der Waals surface area contributed by atoms with Gasteiger partial charge in [-0.3, -0.25) is 4.79 Å². The van der Waals surface area contributed by atoms with Crippen molar-refractivity contribution in [2.45, 2.75) is 46.1 Å². The highest BCUT2D eigenvalue weighted by Gasteiger charge is 2.34. The van der Waals surface area contributed by atoms with Crippen LogP contribution in [0.1, 0.15) is 48.4 Å². The van der Waals surface area contributed by atoms with E-state index in [4.69, 9.17) is 0 Å². The lowest BCUT2D eigenvalue weighted by Gasteiger charge is -2.26. The Morgan fingerprint density at radius 3 is 2.53 bits per heavy atom. The molecule has 0 saturated heterocycles. The summed E-state index contributed by atoms with van der Waals surface area (Å²) in [5.74, 6) is -1.48. The average molecular weight is 265 g/mol. The second-order valence-corrected chi connectivity index (χ2v) is 4.83. The van der Waals surface area contributed by atoms with Gasteiger partial charge >= 0.3 is 5.97 Å². The predicted octanol–water partition coefficient (Wildman–Crippen LogP) is 1.47. The van der Waals surface area contributed by atoms with Gasteiger partial charge in [-0.1, -0.05) is 13.3 Å². The Hall–Kier alpha value is -1.98. The van der Waals surface area contributed by atoms with Crippen LogP contribution in [0.3, 0.4) is 0 Å². The van der Waals surface area contributed by atoms with Crippen molar-refractivity contribution < 1.29 is 14.7 Å². The van der Waals surface area contributed by atoms with E-state index in [2.05, 4.69) is 15.5 Å². The third kappa shape index (κ3) is 3.49. The third-order valence-electron chi connectivity index (χ3n) is 2.96. The smallest absolute Gasteiger partial charge is 0.329 e. The minimum absolute atomic E-state index is 0.357. The zero-order valence-electron chi connectivity index (χ0n) is 11.6. The third-order valence-corrected chi connectivity index (χ3v) is 2.96. The van der Waals surface area contributed by atoms with E-state index in [1.807, 2.05) is 6.92 Å². The van der Waals surface area contributed by atoms with Crippen LogP contribution in [0.25, 0.3) is 0 Å². The van der Waals surface area contributed by atoms with Gasteiger partial charge in [0.1, 0.15) is 5.54 Å². The fourth-order valence-electron chi connectivity index (χ4n) is 1.82. The number of nitrogens with zero attached hydrogens (tertiary/aromatic N) is 2. The summed E-state index contributed by atoms with van der Waals surface area (Å²) in [5, 5.41) is 19.5. The SMILES string of the molecule is CCCC(C)(NC(=O)c1cc(C)nnc1C)C(=O)O. The molecule has 0 fully saturated rings. The highest BCUT2D eigenvalue weighted by molar-refractivity contribution is 5.98. The van der Waals surface area contributed by atoms with Gasteiger partial charge in [0.2, 0.25) is 0 Å². The normalized spacial score (nSPS) is 13.7. The second-order valence-electron chi connectivity index (χ2n) is 4.83. The van der Waals surface area contributed by atoms with E-state index in [1.54, 1.807) is 19.9 Å². The second kappa shape index (κ2) is 5.77. The maximum atomic E-state index is 12.2. The fraction of sp³-hybridized carbons (Fsp3) is 0.538. The van der Waals surface area contributed by atoms with Crippen molar-refractivity contribution >= 4 is 11.9 Å². The van der Waals surface area contributed by atoms with Crippen LogP contribution in [0.4, 0.5) is 0 Å². The summed E-state index contributed by atoms with van der Waals surface area (Å²) in [6.45, 7) is 6.77. The molecule has 1 aromatic rings.